The first-order valence-electron chi connectivity index (χ1n) is 8.79. The lowest BCUT2D eigenvalue weighted by atomic mass is 10.1. The van der Waals surface area contributed by atoms with E-state index in [9.17, 15) is 4.79 Å². The van der Waals surface area contributed by atoms with Crippen LogP contribution < -0.4 is 5.32 Å². The van der Waals surface area contributed by atoms with E-state index >= 15 is 0 Å². The van der Waals surface area contributed by atoms with Crippen LogP contribution in [-0.4, -0.2) is 38.5 Å². The van der Waals surface area contributed by atoms with Crippen LogP contribution in [0.2, 0.25) is 0 Å². The van der Waals surface area contributed by atoms with E-state index in [1.165, 1.54) is 28.7 Å². The Kier molecular flexibility index (Phi) is 8.06. The van der Waals surface area contributed by atoms with E-state index in [1.54, 1.807) is 0 Å². The number of nitrogens with one attached hydrogen (secondary N) is 1. The fourth-order valence-electron chi connectivity index (χ4n) is 2.34. The molecule has 7 heteroatoms. The average molecular weight is 408 g/mol. The number of anilines is 1. The molecule has 1 heterocycles. The molecule has 1 N–H and O–H groups in total. The summed E-state index contributed by atoms with van der Waals surface area (Å²) in [6, 6.07) is 8.36. The number of thiocarbonyl (C=S) groups is 1. The second-order valence-electron chi connectivity index (χ2n) is 5.78. The van der Waals surface area contributed by atoms with Crippen molar-refractivity contribution in [3.8, 4) is 11.3 Å². The molecule has 0 saturated heterocycles. The van der Waals surface area contributed by atoms with Gasteiger partial charge in [0.15, 0.2) is 5.13 Å². The third-order valence-corrected chi connectivity index (χ3v) is 6.39. The summed E-state index contributed by atoms with van der Waals surface area (Å²) in [6.45, 7) is 9.83. The molecule has 0 aliphatic rings. The number of hydrogen-bond donors (Lipinski definition) is 1. The van der Waals surface area contributed by atoms with Gasteiger partial charge in [-0.1, -0.05) is 55.2 Å². The van der Waals surface area contributed by atoms with Crippen molar-refractivity contribution in [2.24, 2.45) is 0 Å². The fourth-order valence-corrected chi connectivity index (χ4v) is 4.63. The monoisotopic (exact) mass is 407 g/mol. The van der Waals surface area contributed by atoms with E-state index in [0.29, 0.717) is 5.13 Å². The number of hydrogen-bond acceptors (Lipinski definition) is 5. The lowest BCUT2D eigenvalue weighted by molar-refractivity contribution is -0.115. The number of aromatic nitrogens is 1. The van der Waals surface area contributed by atoms with Crippen LogP contribution in [0.25, 0.3) is 11.3 Å². The number of carbonyl (C=O) groups excluding carboxylic acids is 1. The van der Waals surface area contributed by atoms with Gasteiger partial charge in [-0.3, -0.25) is 4.79 Å². The van der Waals surface area contributed by atoms with Crippen LogP contribution in [-0.2, 0) is 11.2 Å². The Morgan fingerprint density at radius 3 is 2.50 bits per heavy atom. The minimum absolute atomic E-state index is 0.0771. The van der Waals surface area contributed by atoms with Gasteiger partial charge in [-0.2, -0.15) is 0 Å². The lowest BCUT2D eigenvalue weighted by Gasteiger charge is -2.22. The number of amides is 1. The Morgan fingerprint density at radius 2 is 1.92 bits per heavy atom. The van der Waals surface area contributed by atoms with Gasteiger partial charge in [0.25, 0.3) is 0 Å². The molecule has 0 radical (unpaired) electrons. The molecular weight excluding hydrogens is 382 g/mol. The Bertz CT molecular complexity index is 739. The first-order valence-corrected chi connectivity index (χ1v) is 11.0. The quantitative estimate of drug-likeness (QED) is 0.650. The molecule has 0 aliphatic carbocycles. The van der Waals surface area contributed by atoms with Crippen LogP contribution in [0.1, 0.15) is 33.3 Å². The van der Waals surface area contributed by atoms with E-state index in [0.717, 1.165) is 35.1 Å². The van der Waals surface area contributed by atoms with E-state index in [2.05, 4.69) is 60.2 Å². The minimum atomic E-state index is -0.265. The standard InChI is InChI=1S/C19H25N3OS3/c1-5-14-8-10-15(11-9-14)16-12-25-18(20-16)21-17(23)13(4)26-19(24)22(6-2)7-3/h8-13H,5-7H2,1-4H3,(H,20,21,23)/t13-/m1/s1. The summed E-state index contributed by atoms with van der Waals surface area (Å²) in [5, 5.41) is 5.22. The van der Waals surface area contributed by atoms with Gasteiger partial charge in [0, 0.05) is 24.0 Å². The van der Waals surface area contributed by atoms with Crippen molar-refractivity contribution in [2.75, 3.05) is 18.4 Å². The van der Waals surface area contributed by atoms with Crippen molar-refractivity contribution in [3.05, 3.63) is 35.2 Å². The van der Waals surface area contributed by atoms with E-state index in [1.807, 2.05) is 12.3 Å². The summed E-state index contributed by atoms with van der Waals surface area (Å²) < 4.78 is 0.758. The number of aryl methyl sites for hydroxylation is 1. The lowest BCUT2D eigenvalue weighted by Crippen LogP contribution is -2.31. The molecule has 0 saturated carbocycles. The third kappa shape index (κ3) is 5.53. The molecule has 0 bridgehead atoms. The first kappa shape index (κ1) is 20.9. The maximum Gasteiger partial charge on any atom is 0.239 e. The predicted molar refractivity (Wildman–Crippen MR) is 118 cm³/mol. The van der Waals surface area contributed by atoms with Crippen molar-refractivity contribution < 1.29 is 4.79 Å². The molecule has 1 aromatic carbocycles. The highest BCUT2D eigenvalue weighted by Crippen LogP contribution is 2.26. The first-order chi connectivity index (χ1) is 12.5. The summed E-state index contributed by atoms with van der Waals surface area (Å²) in [4.78, 5) is 19.0. The number of thiazole rings is 1. The molecule has 0 aliphatic heterocycles. The zero-order valence-electron chi connectivity index (χ0n) is 15.6. The zero-order chi connectivity index (χ0) is 19.1. The Labute approximate surface area is 169 Å². The molecule has 0 unspecified atom stereocenters. The van der Waals surface area contributed by atoms with Gasteiger partial charge in [0.05, 0.1) is 10.9 Å². The molecule has 0 fully saturated rings. The van der Waals surface area contributed by atoms with Gasteiger partial charge < -0.3 is 10.2 Å². The number of carbonyl (C=O) groups is 1. The molecule has 2 aromatic rings. The van der Waals surface area contributed by atoms with Crippen LogP contribution in [0.3, 0.4) is 0 Å². The highest BCUT2D eigenvalue weighted by atomic mass is 32.2. The number of nitrogens with zero attached hydrogens (tertiary/aromatic N) is 2. The molecule has 26 heavy (non-hydrogen) atoms. The SMILES string of the molecule is CCc1ccc(-c2csc(NC(=O)[C@@H](C)SC(=S)N(CC)CC)n2)cc1. The normalized spacial score (nSPS) is 11.8. The number of benzene rings is 1. The van der Waals surface area contributed by atoms with Gasteiger partial charge in [0.1, 0.15) is 4.32 Å². The van der Waals surface area contributed by atoms with Crippen molar-refractivity contribution in [2.45, 2.75) is 39.4 Å². The average Bonchev–Trinajstić information content (AvgIpc) is 3.11. The fraction of sp³-hybridized carbons (Fsp3) is 0.421. The largest absolute Gasteiger partial charge is 0.358 e. The van der Waals surface area contributed by atoms with Crippen LogP contribution in [0.4, 0.5) is 5.13 Å². The maximum atomic E-state index is 12.4. The van der Waals surface area contributed by atoms with Gasteiger partial charge in [-0.15, -0.1) is 11.3 Å². The van der Waals surface area contributed by atoms with Crippen molar-refractivity contribution in [1.82, 2.24) is 9.88 Å². The topological polar surface area (TPSA) is 45.2 Å². The summed E-state index contributed by atoms with van der Waals surface area (Å²) in [7, 11) is 0. The Morgan fingerprint density at radius 1 is 1.27 bits per heavy atom. The van der Waals surface area contributed by atoms with Gasteiger partial charge in [0.2, 0.25) is 5.91 Å². The number of thioether (sulfide) groups is 1. The van der Waals surface area contributed by atoms with Crippen LogP contribution in [0.15, 0.2) is 29.6 Å². The second kappa shape index (κ2) is 10.0. The molecular formula is C19H25N3OS3. The highest BCUT2D eigenvalue weighted by Gasteiger charge is 2.19. The number of rotatable bonds is 7. The highest BCUT2D eigenvalue weighted by molar-refractivity contribution is 8.23. The van der Waals surface area contributed by atoms with Crippen molar-refractivity contribution in [1.29, 1.82) is 0 Å². The molecule has 140 valence electrons. The van der Waals surface area contributed by atoms with E-state index in [4.69, 9.17) is 12.2 Å². The Balaban J connectivity index is 1.96. The van der Waals surface area contributed by atoms with Crippen LogP contribution >= 0.6 is 35.3 Å². The predicted octanol–water partition coefficient (Wildman–Crippen LogP) is 5.06. The molecule has 1 amide bonds. The van der Waals surface area contributed by atoms with Gasteiger partial charge in [-0.05, 0) is 32.8 Å². The molecule has 0 spiro atoms. The van der Waals surface area contributed by atoms with Gasteiger partial charge in [-0.25, -0.2) is 4.98 Å². The maximum absolute atomic E-state index is 12.4. The molecule has 1 aromatic heterocycles. The second-order valence-corrected chi connectivity index (χ2v) is 8.61. The van der Waals surface area contributed by atoms with Crippen molar-refractivity contribution in [3.63, 3.8) is 0 Å². The smallest absolute Gasteiger partial charge is 0.239 e. The Hall–Kier alpha value is -1.44. The summed E-state index contributed by atoms with van der Waals surface area (Å²) >= 11 is 8.27. The van der Waals surface area contributed by atoms with Crippen molar-refractivity contribution >= 4 is 50.7 Å². The van der Waals surface area contributed by atoms with Gasteiger partial charge >= 0.3 is 0 Å². The zero-order valence-corrected chi connectivity index (χ0v) is 18.1. The molecule has 2 rings (SSSR count). The van der Waals surface area contributed by atoms with E-state index < -0.39 is 0 Å². The summed E-state index contributed by atoms with van der Waals surface area (Å²) in [5.41, 5.74) is 3.24. The summed E-state index contributed by atoms with van der Waals surface area (Å²) in [5.74, 6) is -0.0771. The third-order valence-electron chi connectivity index (χ3n) is 4.06. The van der Waals surface area contributed by atoms with Crippen LogP contribution in [0.5, 0.6) is 0 Å². The molecule has 4 nitrogen and oxygen atoms in total. The van der Waals surface area contributed by atoms with E-state index in [-0.39, 0.29) is 11.2 Å². The summed E-state index contributed by atoms with van der Waals surface area (Å²) in [6.07, 6.45) is 1.02. The van der Waals surface area contributed by atoms with Crippen LogP contribution in [0, 0.1) is 0 Å². The minimum Gasteiger partial charge on any atom is -0.358 e. The molecule has 1 atom stereocenters.